The van der Waals surface area contributed by atoms with Crippen LogP contribution in [-0.4, -0.2) is 32.9 Å². The van der Waals surface area contributed by atoms with E-state index in [0.29, 0.717) is 5.56 Å². The molecule has 0 bridgehead atoms. The Hall–Kier alpha value is -2.75. The van der Waals surface area contributed by atoms with Gasteiger partial charge in [-0.2, -0.15) is 13.2 Å². The van der Waals surface area contributed by atoms with Gasteiger partial charge in [0.25, 0.3) is 5.91 Å². The quantitative estimate of drug-likeness (QED) is 0.692. The molecule has 0 aromatic heterocycles. The van der Waals surface area contributed by atoms with E-state index in [-0.39, 0.29) is 29.3 Å². The van der Waals surface area contributed by atoms with Gasteiger partial charge in [-0.1, -0.05) is 18.2 Å². The minimum atomic E-state index is -4.41. The zero-order chi connectivity index (χ0) is 20.8. The van der Waals surface area contributed by atoms with E-state index >= 15 is 0 Å². The third-order valence-corrected chi connectivity index (χ3v) is 4.86. The lowest BCUT2D eigenvalue weighted by atomic mass is 10.1. The maximum absolute atomic E-state index is 12.2. The maximum atomic E-state index is 12.2. The van der Waals surface area contributed by atoms with Crippen molar-refractivity contribution in [1.29, 1.82) is 0 Å². The number of nitrogens with one attached hydrogen (secondary N) is 2. The van der Waals surface area contributed by atoms with Gasteiger partial charge in [-0.15, -0.1) is 0 Å². The number of carbonyl (C=O) groups is 1. The molecular formula is C18H19F3N2O4S. The van der Waals surface area contributed by atoms with Crippen molar-refractivity contribution in [3.8, 4) is 5.75 Å². The second-order valence-corrected chi connectivity index (χ2v) is 7.83. The molecule has 2 aromatic carbocycles. The highest BCUT2D eigenvalue weighted by Gasteiger charge is 2.28. The second kappa shape index (κ2) is 8.96. The van der Waals surface area contributed by atoms with Gasteiger partial charge < -0.3 is 10.1 Å². The van der Waals surface area contributed by atoms with Gasteiger partial charge in [0, 0.05) is 17.8 Å². The number of hydrogen-bond donors (Lipinski definition) is 2. The molecule has 2 rings (SSSR count). The van der Waals surface area contributed by atoms with Gasteiger partial charge in [-0.05, 0) is 42.8 Å². The molecule has 0 radical (unpaired) electrons. The van der Waals surface area contributed by atoms with Crippen LogP contribution in [0.1, 0.15) is 22.8 Å². The van der Waals surface area contributed by atoms with Crippen molar-refractivity contribution in [2.24, 2.45) is 0 Å². The first-order valence-electron chi connectivity index (χ1n) is 8.25. The van der Waals surface area contributed by atoms with Crippen molar-refractivity contribution in [2.75, 3.05) is 17.1 Å². The van der Waals surface area contributed by atoms with Gasteiger partial charge in [0.2, 0.25) is 10.0 Å². The van der Waals surface area contributed by atoms with Crippen LogP contribution in [0.3, 0.4) is 0 Å². The van der Waals surface area contributed by atoms with E-state index in [1.165, 1.54) is 49.4 Å². The van der Waals surface area contributed by atoms with Crippen LogP contribution in [0.25, 0.3) is 0 Å². The average Bonchev–Trinajstić information content (AvgIpc) is 2.64. The van der Waals surface area contributed by atoms with Crippen LogP contribution in [-0.2, 0) is 16.6 Å². The number of amides is 1. The number of alkyl halides is 3. The number of hydrogen-bond acceptors (Lipinski definition) is 4. The highest BCUT2D eigenvalue weighted by molar-refractivity contribution is 7.92. The molecule has 28 heavy (non-hydrogen) atoms. The SMILES string of the molecule is CCS(=O)(=O)Nc1cccc(C(=O)NCc2ccc(OCC(F)(F)F)cc2)c1. The Bertz CT molecular complexity index is 913. The monoisotopic (exact) mass is 416 g/mol. The highest BCUT2D eigenvalue weighted by Crippen LogP contribution is 2.19. The Morgan fingerprint density at radius 1 is 1.11 bits per heavy atom. The lowest BCUT2D eigenvalue weighted by molar-refractivity contribution is -0.153. The summed E-state index contributed by atoms with van der Waals surface area (Å²) < 4.78 is 66.6. The predicted octanol–water partition coefficient (Wildman–Crippen LogP) is 3.32. The van der Waals surface area contributed by atoms with Gasteiger partial charge in [0.1, 0.15) is 5.75 Å². The molecule has 0 unspecified atom stereocenters. The first kappa shape index (κ1) is 21.5. The Kier molecular flexibility index (Phi) is 6.90. The first-order chi connectivity index (χ1) is 13.1. The smallest absolute Gasteiger partial charge is 0.422 e. The third kappa shape index (κ3) is 7.10. The molecule has 0 aliphatic rings. The molecular weight excluding hydrogens is 397 g/mol. The molecule has 6 nitrogen and oxygen atoms in total. The van der Waals surface area contributed by atoms with Gasteiger partial charge >= 0.3 is 6.18 Å². The zero-order valence-corrected chi connectivity index (χ0v) is 15.7. The van der Waals surface area contributed by atoms with Crippen LogP contribution in [0.15, 0.2) is 48.5 Å². The number of carbonyl (C=O) groups excluding carboxylic acids is 1. The van der Waals surface area contributed by atoms with E-state index in [4.69, 9.17) is 0 Å². The molecule has 0 heterocycles. The normalized spacial score (nSPS) is 11.7. The number of benzene rings is 2. The molecule has 152 valence electrons. The summed E-state index contributed by atoms with van der Waals surface area (Å²) in [5.74, 6) is -0.440. The van der Waals surface area contributed by atoms with E-state index in [9.17, 15) is 26.4 Å². The van der Waals surface area contributed by atoms with E-state index in [1.807, 2.05) is 0 Å². The summed E-state index contributed by atoms with van der Waals surface area (Å²) in [4.78, 5) is 12.2. The van der Waals surface area contributed by atoms with Gasteiger partial charge in [-0.3, -0.25) is 9.52 Å². The average molecular weight is 416 g/mol. The fourth-order valence-corrected chi connectivity index (χ4v) is 2.76. The molecule has 0 atom stereocenters. The molecule has 2 N–H and O–H groups in total. The molecule has 2 aromatic rings. The summed E-state index contributed by atoms with van der Waals surface area (Å²) >= 11 is 0. The molecule has 1 amide bonds. The Labute approximate surface area is 160 Å². The number of anilines is 1. The van der Waals surface area contributed by atoms with Crippen LogP contribution in [0.5, 0.6) is 5.75 Å². The minimum Gasteiger partial charge on any atom is -0.484 e. The van der Waals surface area contributed by atoms with Crippen LogP contribution < -0.4 is 14.8 Å². The van der Waals surface area contributed by atoms with Crippen LogP contribution in [0.4, 0.5) is 18.9 Å². The van der Waals surface area contributed by atoms with Crippen LogP contribution >= 0.6 is 0 Å². The van der Waals surface area contributed by atoms with Crippen LogP contribution in [0.2, 0.25) is 0 Å². The lowest BCUT2D eigenvalue weighted by Gasteiger charge is -2.10. The fourth-order valence-electron chi connectivity index (χ4n) is 2.13. The minimum absolute atomic E-state index is 0.0725. The molecule has 0 spiro atoms. The van der Waals surface area contributed by atoms with Crippen molar-refractivity contribution >= 4 is 21.6 Å². The highest BCUT2D eigenvalue weighted by atomic mass is 32.2. The summed E-state index contributed by atoms with van der Waals surface area (Å²) in [5, 5.41) is 2.66. The largest absolute Gasteiger partial charge is 0.484 e. The second-order valence-electron chi connectivity index (χ2n) is 5.82. The van der Waals surface area contributed by atoms with Crippen molar-refractivity contribution in [2.45, 2.75) is 19.6 Å². The van der Waals surface area contributed by atoms with E-state index in [2.05, 4.69) is 14.8 Å². The third-order valence-electron chi connectivity index (χ3n) is 3.56. The molecule has 0 aliphatic carbocycles. The standard InChI is InChI=1S/C18H19F3N2O4S/c1-2-28(25,26)23-15-5-3-4-14(10-15)17(24)22-11-13-6-8-16(9-7-13)27-12-18(19,20)21/h3-10,23H,2,11-12H2,1H3,(H,22,24). The molecule has 10 heteroatoms. The number of sulfonamides is 1. The predicted molar refractivity (Wildman–Crippen MR) is 98.7 cm³/mol. The van der Waals surface area contributed by atoms with Gasteiger partial charge in [0.05, 0.1) is 5.75 Å². The summed E-state index contributed by atoms with van der Waals surface area (Å²) in [6, 6.07) is 11.9. The fraction of sp³-hybridized carbons (Fsp3) is 0.278. The van der Waals surface area contributed by atoms with Gasteiger partial charge in [0.15, 0.2) is 6.61 Å². The van der Waals surface area contributed by atoms with E-state index in [1.54, 1.807) is 6.07 Å². The molecule has 0 saturated carbocycles. The summed E-state index contributed by atoms with van der Waals surface area (Å²) in [6.45, 7) is 0.267. The Morgan fingerprint density at radius 2 is 1.79 bits per heavy atom. The van der Waals surface area contributed by atoms with Gasteiger partial charge in [-0.25, -0.2) is 8.42 Å². The molecule has 0 saturated heterocycles. The maximum Gasteiger partial charge on any atom is 0.422 e. The summed E-state index contributed by atoms with van der Waals surface area (Å²) in [6.07, 6.45) is -4.41. The van der Waals surface area contributed by atoms with E-state index < -0.39 is 28.7 Å². The molecule has 0 fully saturated rings. The van der Waals surface area contributed by atoms with Crippen LogP contribution in [0, 0.1) is 0 Å². The van der Waals surface area contributed by atoms with Crippen molar-refractivity contribution < 1.29 is 31.1 Å². The summed E-state index contributed by atoms with van der Waals surface area (Å²) in [7, 11) is -3.45. The first-order valence-corrected chi connectivity index (χ1v) is 9.90. The topological polar surface area (TPSA) is 84.5 Å². The lowest BCUT2D eigenvalue weighted by Crippen LogP contribution is -2.23. The zero-order valence-electron chi connectivity index (χ0n) is 14.9. The van der Waals surface area contributed by atoms with Crippen molar-refractivity contribution in [3.63, 3.8) is 0 Å². The number of ether oxygens (including phenoxy) is 1. The number of rotatable bonds is 8. The Balaban J connectivity index is 1.93. The van der Waals surface area contributed by atoms with Crippen molar-refractivity contribution in [1.82, 2.24) is 5.32 Å². The Morgan fingerprint density at radius 3 is 2.39 bits per heavy atom. The summed E-state index contributed by atoms with van der Waals surface area (Å²) in [5.41, 5.74) is 1.21. The number of halogens is 3. The van der Waals surface area contributed by atoms with E-state index in [0.717, 1.165) is 0 Å². The molecule has 0 aliphatic heterocycles. The van der Waals surface area contributed by atoms with Crippen molar-refractivity contribution in [3.05, 3.63) is 59.7 Å².